The molecule has 1 aliphatic rings. The van der Waals surface area contributed by atoms with Crippen LogP contribution in [0.25, 0.3) is 10.8 Å². The first-order chi connectivity index (χ1) is 12.6. The number of aryl methyl sites for hydroxylation is 1. The second kappa shape index (κ2) is 7.18. The van der Waals surface area contributed by atoms with Crippen LogP contribution in [0.4, 0.5) is 0 Å². The number of aromatic nitrogens is 1. The Balaban J connectivity index is 1.40. The van der Waals surface area contributed by atoms with E-state index in [1.807, 2.05) is 12.4 Å². The molecule has 2 aromatic carbocycles. The van der Waals surface area contributed by atoms with Crippen molar-refractivity contribution in [1.82, 2.24) is 9.88 Å². The Kier molecular flexibility index (Phi) is 4.75. The van der Waals surface area contributed by atoms with Crippen LogP contribution in [-0.2, 0) is 13.0 Å². The minimum Gasteiger partial charge on any atom is -0.389 e. The molecule has 3 aromatic rings. The number of hydrogen-bond acceptors (Lipinski definition) is 3. The molecule has 4 rings (SSSR count). The van der Waals surface area contributed by atoms with E-state index in [4.69, 9.17) is 0 Å². The molecule has 1 aliphatic heterocycles. The molecule has 0 aliphatic carbocycles. The lowest BCUT2D eigenvalue weighted by molar-refractivity contribution is -0.0223. The van der Waals surface area contributed by atoms with Gasteiger partial charge >= 0.3 is 0 Å². The molecule has 1 saturated heterocycles. The number of benzene rings is 2. The lowest BCUT2D eigenvalue weighted by Gasteiger charge is -2.38. The molecule has 1 fully saturated rings. The molecule has 0 atom stereocenters. The van der Waals surface area contributed by atoms with E-state index < -0.39 is 5.60 Å². The number of pyridine rings is 1. The fourth-order valence-corrected chi connectivity index (χ4v) is 3.94. The number of rotatable bonds is 4. The third kappa shape index (κ3) is 3.79. The van der Waals surface area contributed by atoms with Gasteiger partial charge in [0.25, 0.3) is 0 Å². The number of fused-ring (bicyclic) bond motifs is 1. The van der Waals surface area contributed by atoms with E-state index in [1.165, 1.54) is 27.5 Å². The maximum atomic E-state index is 11.0. The average Bonchev–Trinajstić information content (AvgIpc) is 2.66. The van der Waals surface area contributed by atoms with E-state index in [-0.39, 0.29) is 0 Å². The Morgan fingerprint density at radius 1 is 1.00 bits per heavy atom. The molecule has 1 N–H and O–H groups in total. The Morgan fingerprint density at radius 2 is 1.73 bits per heavy atom. The van der Waals surface area contributed by atoms with Crippen LogP contribution >= 0.6 is 0 Å². The summed E-state index contributed by atoms with van der Waals surface area (Å²) in [4.78, 5) is 6.83. The number of piperidine rings is 1. The summed E-state index contributed by atoms with van der Waals surface area (Å²) in [6, 6.07) is 17.0. The van der Waals surface area contributed by atoms with Crippen molar-refractivity contribution in [3.63, 3.8) is 0 Å². The van der Waals surface area contributed by atoms with Crippen molar-refractivity contribution in [2.45, 2.75) is 38.3 Å². The fourth-order valence-electron chi connectivity index (χ4n) is 3.94. The molecule has 26 heavy (non-hydrogen) atoms. The first-order valence-electron chi connectivity index (χ1n) is 9.43. The van der Waals surface area contributed by atoms with Crippen molar-refractivity contribution in [3.8, 4) is 0 Å². The molecule has 3 nitrogen and oxygen atoms in total. The van der Waals surface area contributed by atoms with Crippen LogP contribution in [0, 0.1) is 6.92 Å². The van der Waals surface area contributed by atoms with Crippen molar-refractivity contribution in [2.24, 2.45) is 0 Å². The average molecular weight is 346 g/mol. The summed E-state index contributed by atoms with van der Waals surface area (Å²) in [6.07, 6.45) is 6.29. The van der Waals surface area contributed by atoms with Gasteiger partial charge in [-0.05, 0) is 36.3 Å². The van der Waals surface area contributed by atoms with Gasteiger partial charge in [-0.15, -0.1) is 0 Å². The maximum absolute atomic E-state index is 11.0. The van der Waals surface area contributed by atoms with E-state index in [1.54, 1.807) is 0 Å². The Bertz CT molecular complexity index is 875. The van der Waals surface area contributed by atoms with Gasteiger partial charge in [-0.25, -0.2) is 0 Å². The lowest BCUT2D eigenvalue weighted by Crippen LogP contribution is -2.45. The summed E-state index contributed by atoms with van der Waals surface area (Å²) >= 11 is 0. The van der Waals surface area contributed by atoms with Crippen LogP contribution < -0.4 is 0 Å². The zero-order chi connectivity index (χ0) is 18.0. The molecule has 134 valence electrons. The highest BCUT2D eigenvalue weighted by Gasteiger charge is 2.32. The van der Waals surface area contributed by atoms with Gasteiger partial charge in [0.15, 0.2) is 0 Å². The van der Waals surface area contributed by atoms with Gasteiger partial charge in [0.05, 0.1) is 5.60 Å². The van der Waals surface area contributed by atoms with Gasteiger partial charge in [0.1, 0.15) is 0 Å². The normalized spacial score (nSPS) is 17.5. The second-order valence-corrected chi connectivity index (χ2v) is 7.68. The highest BCUT2D eigenvalue weighted by molar-refractivity contribution is 5.84. The van der Waals surface area contributed by atoms with Crippen LogP contribution in [0.5, 0.6) is 0 Å². The minimum atomic E-state index is -0.581. The van der Waals surface area contributed by atoms with E-state index >= 15 is 0 Å². The van der Waals surface area contributed by atoms with Gasteiger partial charge < -0.3 is 5.11 Å². The largest absolute Gasteiger partial charge is 0.389 e. The number of likely N-dealkylation sites (tertiary alicyclic amines) is 1. The number of hydrogen-bond donors (Lipinski definition) is 1. The zero-order valence-corrected chi connectivity index (χ0v) is 15.4. The highest BCUT2D eigenvalue weighted by Crippen LogP contribution is 2.28. The van der Waals surface area contributed by atoms with Crippen LogP contribution in [0.3, 0.4) is 0 Å². The summed E-state index contributed by atoms with van der Waals surface area (Å²) in [5.74, 6) is 0. The van der Waals surface area contributed by atoms with Crippen LogP contribution in [0.15, 0.2) is 60.9 Å². The Morgan fingerprint density at radius 3 is 2.50 bits per heavy atom. The maximum Gasteiger partial charge on any atom is 0.0712 e. The minimum absolute atomic E-state index is 0.581. The monoisotopic (exact) mass is 346 g/mol. The van der Waals surface area contributed by atoms with Crippen molar-refractivity contribution >= 4 is 10.8 Å². The third-order valence-corrected chi connectivity index (χ3v) is 5.59. The van der Waals surface area contributed by atoms with Gasteiger partial charge in [0, 0.05) is 43.8 Å². The van der Waals surface area contributed by atoms with Crippen molar-refractivity contribution in [2.75, 3.05) is 13.1 Å². The van der Waals surface area contributed by atoms with Gasteiger partial charge in [-0.2, -0.15) is 0 Å². The van der Waals surface area contributed by atoms with Crippen LogP contribution in [0.1, 0.15) is 29.5 Å². The topological polar surface area (TPSA) is 36.4 Å². The molecule has 0 amide bonds. The van der Waals surface area contributed by atoms with E-state index in [0.717, 1.165) is 38.9 Å². The van der Waals surface area contributed by atoms with Gasteiger partial charge in [0.2, 0.25) is 0 Å². The van der Waals surface area contributed by atoms with Crippen molar-refractivity contribution in [1.29, 1.82) is 0 Å². The van der Waals surface area contributed by atoms with Crippen LogP contribution in [0.2, 0.25) is 0 Å². The molecular weight excluding hydrogens is 320 g/mol. The van der Waals surface area contributed by atoms with Gasteiger partial charge in [-0.1, -0.05) is 54.1 Å². The van der Waals surface area contributed by atoms with Gasteiger partial charge in [-0.3, -0.25) is 9.88 Å². The fraction of sp³-hybridized carbons (Fsp3) is 0.348. The third-order valence-electron chi connectivity index (χ3n) is 5.59. The SMILES string of the molecule is Cc1ccc(CC2(O)CCN(Cc3cncc4ccccc34)CC2)cc1. The predicted octanol–water partition coefficient (Wildman–Crippen LogP) is 4.11. The second-order valence-electron chi connectivity index (χ2n) is 7.68. The van der Waals surface area contributed by atoms with Crippen LogP contribution in [-0.4, -0.2) is 33.7 Å². The first kappa shape index (κ1) is 17.2. The molecule has 1 aromatic heterocycles. The summed E-state index contributed by atoms with van der Waals surface area (Å²) in [6.45, 7) is 4.84. The summed E-state index contributed by atoms with van der Waals surface area (Å²) in [5.41, 5.74) is 3.18. The molecule has 0 bridgehead atoms. The first-order valence-corrected chi connectivity index (χ1v) is 9.43. The number of nitrogens with zero attached hydrogens (tertiary/aromatic N) is 2. The molecule has 0 radical (unpaired) electrons. The van der Waals surface area contributed by atoms with E-state index in [0.29, 0.717) is 0 Å². The summed E-state index contributed by atoms with van der Waals surface area (Å²) in [5, 5.41) is 13.5. The Labute approximate surface area is 155 Å². The van der Waals surface area contributed by atoms with Crippen molar-refractivity contribution < 1.29 is 5.11 Å². The number of aliphatic hydroxyl groups is 1. The zero-order valence-electron chi connectivity index (χ0n) is 15.4. The van der Waals surface area contributed by atoms with E-state index in [2.05, 4.69) is 65.3 Å². The smallest absolute Gasteiger partial charge is 0.0712 e. The molecule has 0 saturated carbocycles. The molecule has 2 heterocycles. The predicted molar refractivity (Wildman–Crippen MR) is 106 cm³/mol. The Hall–Kier alpha value is -2.23. The highest BCUT2D eigenvalue weighted by atomic mass is 16.3. The standard InChI is InChI=1S/C23H26N2O/c1-18-6-8-19(9-7-18)14-23(26)10-12-25(13-11-23)17-21-16-24-15-20-4-2-3-5-22(20)21/h2-9,15-16,26H,10-14,17H2,1H3. The van der Waals surface area contributed by atoms with Crippen molar-refractivity contribution in [3.05, 3.63) is 77.6 Å². The molecular formula is C23H26N2O. The molecule has 3 heteroatoms. The lowest BCUT2D eigenvalue weighted by atomic mass is 9.85. The summed E-state index contributed by atoms with van der Waals surface area (Å²) < 4.78 is 0. The summed E-state index contributed by atoms with van der Waals surface area (Å²) in [7, 11) is 0. The molecule has 0 unspecified atom stereocenters. The quantitative estimate of drug-likeness (QED) is 0.772. The van der Waals surface area contributed by atoms with E-state index in [9.17, 15) is 5.11 Å². The molecule has 0 spiro atoms.